The van der Waals surface area contributed by atoms with Crippen molar-refractivity contribution < 1.29 is 31.1 Å². The molecule has 0 unspecified atom stereocenters. The fraction of sp³-hybridized carbons (Fsp3) is 0.188. The maximum atomic E-state index is 10.8. The van der Waals surface area contributed by atoms with Crippen LogP contribution in [0.25, 0.3) is 0 Å². The van der Waals surface area contributed by atoms with Crippen LogP contribution in [0.5, 0.6) is 0 Å². The third-order valence-corrected chi connectivity index (χ3v) is 6.46. The summed E-state index contributed by atoms with van der Waals surface area (Å²) in [5.74, 6) is -0.868. The van der Waals surface area contributed by atoms with Crippen molar-refractivity contribution in [2.24, 2.45) is 0 Å². The summed E-state index contributed by atoms with van der Waals surface area (Å²) >= 11 is -0.253. The number of halogens is 1. The van der Waals surface area contributed by atoms with Gasteiger partial charge in [-0.3, -0.25) is 0 Å². The van der Waals surface area contributed by atoms with E-state index in [1.807, 2.05) is 12.1 Å². The molecule has 2 rings (SSSR count). The SMILES string of the molecule is Cc1cc(C)c([I-]c2ccc(C(=O)O)cc2)c(C)c1. The predicted octanol–water partition coefficient (Wildman–Crippen LogP) is 0.438. The molecule has 0 saturated heterocycles. The Kier molecular flexibility index (Phi) is 4.24. The maximum absolute atomic E-state index is 10.8. The molecule has 0 aliphatic heterocycles. The third-order valence-electron chi connectivity index (χ3n) is 2.88. The van der Waals surface area contributed by atoms with Gasteiger partial charge >= 0.3 is 124 Å². The number of hydrogen-bond acceptors (Lipinski definition) is 1. The van der Waals surface area contributed by atoms with Gasteiger partial charge in [0.15, 0.2) is 0 Å². The Balaban J connectivity index is 2.29. The van der Waals surface area contributed by atoms with E-state index >= 15 is 0 Å². The van der Waals surface area contributed by atoms with Crippen LogP contribution in [-0.2, 0) is 0 Å². The van der Waals surface area contributed by atoms with Gasteiger partial charge in [-0.1, -0.05) is 0 Å². The van der Waals surface area contributed by atoms with Gasteiger partial charge in [0.2, 0.25) is 0 Å². The summed E-state index contributed by atoms with van der Waals surface area (Å²) in [5, 5.41) is 8.89. The van der Waals surface area contributed by atoms with Crippen LogP contribution in [0.2, 0.25) is 0 Å². The summed E-state index contributed by atoms with van der Waals surface area (Å²) in [5.41, 5.74) is 4.33. The first-order valence-corrected chi connectivity index (χ1v) is 8.19. The average Bonchev–Trinajstić information content (AvgIpc) is 2.34. The van der Waals surface area contributed by atoms with E-state index in [0.717, 1.165) is 0 Å². The van der Waals surface area contributed by atoms with Crippen LogP contribution in [0.15, 0.2) is 36.4 Å². The zero-order valence-electron chi connectivity index (χ0n) is 11.2. The van der Waals surface area contributed by atoms with Crippen LogP contribution in [-0.4, -0.2) is 11.1 Å². The number of carbonyl (C=O) groups is 1. The first-order chi connectivity index (χ1) is 8.97. The molecule has 100 valence electrons. The zero-order valence-corrected chi connectivity index (χ0v) is 13.4. The summed E-state index contributed by atoms with van der Waals surface area (Å²) in [6, 6.07) is 11.7. The molecule has 19 heavy (non-hydrogen) atoms. The van der Waals surface area contributed by atoms with Crippen LogP contribution in [0.1, 0.15) is 27.0 Å². The summed E-state index contributed by atoms with van der Waals surface area (Å²) in [6.07, 6.45) is 0. The summed E-state index contributed by atoms with van der Waals surface area (Å²) in [4.78, 5) is 10.8. The Morgan fingerprint density at radius 1 is 1.00 bits per heavy atom. The van der Waals surface area contributed by atoms with Gasteiger partial charge in [-0.15, -0.1) is 0 Å². The molecule has 3 heteroatoms. The van der Waals surface area contributed by atoms with Crippen molar-refractivity contribution in [3.8, 4) is 0 Å². The molecule has 1 N–H and O–H groups in total. The molecule has 0 saturated carbocycles. The fourth-order valence-corrected chi connectivity index (χ4v) is 4.58. The Morgan fingerprint density at radius 3 is 2.00 bits per heavy atom. The quantitative estimate of drug-likeness (QED) is 0.800. The van der Waals surface area contributed by atoms with Gasteiger partial charge in [-0.05, 0) is 0 Å². The van der Waals surface area contributed by atoms with E-state index in [9.17, 15) is 4.79 Å². The summed E-state index contributed by atoms with van der Waals surface area (Å²) in [7, 11) is 0. The Hall–Kier alpha value is -1.36. The number of carboxylic acids is 1. The van der Waals surface area contributed by atoms with E-state index in [4.69, 9.17) is 5.11 Å². The van der Waals surface area contributed by atoms with E-state index in [1.165, 1.54) is 23.8 Å². The molecule has 0 aromatic heterocycles. The Morgan fingerprint density at radius 2 is 1.53 bits per heavy atom. The van der Waals surface area contributed by atoms with Crippen molar-refractivity contribution in [2.75, 3.05) is 0 Å². The molecule has 0 atom stereocenters. The Labute approximate surface area is 123 Å². The van der Waals surface area contributed by atoms with Gasteiger partial charge in [-0.2, -0.15) is 0 Å². The second-order valence-electron chi connectivity index (χ2n) is 4.62. The van der Waals surface area contributed by atoms with Crippen molar-refractivity contribution >= 4 is 5.97 Å². The van der Waals surface area contributed by atoms with E-state index < -0.39 is 5.97 Å². The molecule has 2 aromatic carbocycles. The van der Waals surface area contributed by atoms with Crippen LogP contribution in [0, 0.1) is 27.9 Å². The van der Waals surface area contributed by atoms with Crippen molar-refractivity contribution in [1.82, 2.24) is 0 Å². The topological polar surface area (TPSA) is 37.3 Å². The van der Waals surface area contributed by atoms with E-state index in [-0.39, 0.29) is 21.2 Å². The molecule has 2 nitrogen and oxygen atoms in total. The first kappa shape index (κ1) is 14.1. The van der Waals surface area contributed by atoms with Gasteiger partial charge in [0.1, 0.15) is 0 Å². The molecule has 0 spiro atoms. The van der Waals surface area contributed by atoms with E-state index in [2.05, 4.69) is 32.9 Å². The van der Waals surface area contributed by atoms with Crippen LogP contribution >= 0.6 is 0 Å². The van der Waals surface area contributed by atoms with Crippen molar-refractivity contribution in [2.45, 2.75) is 20.8 Å². The molecule has 0 radical (unpaired) electrons. The predicted molar refractivity (Wildman–Crippen MR) is 71.4 cm³/mol. The minimum absolute atomic E-state index is 0.253. The van der Waals surface area contributed by atoms with Gasteiger partial charge in [0.25, 0.3) is 0 Å². The van der Waals surface area contributed by atoms with Crippen LogP contribution in [0.3, 0.4) is 0 Å². The van der Waals surface area contributed by atoms with Crippen LogP contribution in [0.4, 0.5) is 0 Å². The summed E-state index contributed by atoms with van der Waals surface area (Å²) < 4.78 is 2.69. The molecule has 0 aliphatic carbocycles. The first-order valence-electron chi connectivity index (χ1n) is 6.03. The molecule has 2 aromatic rings. The second kappa shape index (κ2) is 5.74. The third kappa shape index (κ3) is 3.35. The van der Waals surface area contributed by atoms with Crippen LogP contribution < -0.4 is 21.2 Å². The average molecular weight is 367 g/mol. The molecule has 0 heterocycles. The molecule has 0 aliphatic rings. The normalized spacial score (nSPS) is 10.7. The molecule has 0 fully saturated rings. The number of aromatic carboxylic acids is 1. The van der Waals surface area contributed by atoms with Crippen molar-refractivity contribution in [1.29, 1.82) is 0 Å². The van der Waals surface area contributed by atoms with Crippen molar-refractivity contribution in [3.63, 3.8) is 0 Å². The minimum atomic E-state index is -0.868. The van der Waals surface area contributed by atoms with Gasteiger partial charge in [0.05, 0.1) is 0 Å². The standard InChI is InChI=1S/C16H16IO2/c1-10-8-11(2)15(12(3)9-10)17-14-6-4-13(5-7-14)16(18)19/h4-9H,1-3H3,(H,18,19)/q-1. The van der Waals surface area contributed by atoms with Gasteiger partial charge in [0, 0.05) is 0 Å². The van der Waals surface area contributed by atoms with E-state index in [1.54, 1.807) is 12.1 Å². The van der Waals surface area contributed by atoms with Gasteiger partial charge in [-0.25, -0.2) is 0 Å². The molecule has 0 amide bonds. The van der Waals surface area contributed by atoms with Gasteiger partial charge < -0.3 is 0 Å². The monoisotopic (exact) mass is 367 g/mol. The van der Waals surface area contributed by atoms with Crippen molar-refractivity contribution in [3.05, 3.63) is 65.8 Å². The number of carboxylic acid groups (broad SMARTS) is 1. The molecule has 0 bridgehead atoms. The second-order valence-corrected chi connectivity index (χ2v) is 7.48. The Bertz CT molecular complexity index is 592. The number of benzene rings is 2. The number of hydrogen-bond donors (Lipinski definition) is 1. The summed E-state index contributed by atoms with van der Waals surface area (Å²) in [6.45, 7) is 6.42. The fourth-order valence-electron chi connectivity index (χ4n) is 2.08. The number of aryl methyl sites for hydroxylation is 3. The molecular weight excluding hydrogens is 351 g/mol. The zero-order chi connectivity index (χ0) is 14.0. The molecular formula is C16H16IO2-. The van der Waals surface area contributed by atoms with E-state index in [0.29, 0.717) is 5.56 Å². The number of rotatable bonds is 3.